The van der Waals surface area contributed by atoms with Crippen molar-refractivity contribution in [3.8, 4) is 5.75 Å². The summed E-state index contributed by atoms with van der Waals surface area (Å²) in [7, 11) is 0. The smallest absolute Gasteiger partial charge is 0.129 e. The van der Waals surface area contributed by atoms with Crippen molar-refractivity contribution in [3.05, 3.63) is 99.6 Å². The van der Waals surface area contributed by atoms with Gasteiger partial charge in [-0.15, -0.1) is 0 Å². The van der Waals surface area contributed by atoms with Crippen molar-refractivity contribution in [1.29, 1.82) is 0 Å². The molecule has 0 aliphatic heterocycles. The SMILES string of the molecule is CCCc1cc(F)c(CCc2cc(F)c(CCc3ccc(OCC)cc3)c(F)c2)c(F)c1. The van der Waals surface area contributed by atoms with E-state index in [4.69, 9.17) is 4.74 Å². The summed E-state index contributed by atoms with van der Waals surface area (Å²) in [5, 5.41) is 0. The fourth-order valence-electron chi connectivity index (χ4n) is 3.82. The molecule has 0 aromatic heterocycles. The average Bonchev–Trinajstić information content (AvgIpc) is 2.74. The van der Waals surface area contributed by atoms with E-state index in [1.165, 1.54) is 24.3 Å². The summed E-state index contributed by atoms with van der Waals surface area (Å²) in [6, 6.07) is 12.6. The highest BCUT2D eigenvalue weighted by molar-refractivity contribution is 5.32. The molecular weight excluding hydrogens is 416 g/mol. The highest BCUT2D eigenvalue weighted by Crippen LogP contribution is 2.22. The van der Waals surface area contributed by atoms with Crippen LogP contribution in [0, 0.1) is 23.3 Å². The monoisotopic (exact) mass is 444 g/mol. The first kappa shape index (κ1) is 23.8. The maximum Gasteiger partial charge on any atom is 0.129 e. The Balaban J connectivity index is 1.65. The van der Waals surface area contributed by atoms with E-state index in [2.05, 4.69) is 0 Å². The Morgan fingerprint density at radius 1 is 0.562 bits per heavy atom. The predicted octanol–water partition coefficient (Wildman–Crippen LogP) is 7.16. The number of aryl methyl sites for hydroxylation is 3. The minimum atomic E-state index is -0.634. The quantitative estimate of drug-likeness (QED) is 0.301. The zero-order chi connectivity index (χ0) is 23.1. The molecule has 0 saturated heterocycles. The van der Waals surface area contributed by atoms with Crippen LogP contribution in [0.1, 0.15) is 48.1 Å². The Hall–Kier alpha value is -2.82. The predicted molar refractivity (Wildman–Crippen MR) is 119 cm³/mol. The van der Waals surface area contributed by atoms with Gasteiger partial charge < -0.3 is 4.74 Å². The van der Waals surface area contributed by atoms with Gasteiger partial charge in [0.1, 0.15) is 29.0 Å². The highest BCUT2D eigenvalue weighted by Gasteiger charge is 2.15. The molecule has 3 aromatic rings. The summed E-state index contributed by atoms with van der Waals surface area (Å²) in [5.74, 6) is -1.73. The van der Waals surface area contributed by atoms with Crippen molar-refractivity contribution in [2.75, 3.05) is 6.61 Å². The molecule has 0 aliphatic rings. The Labute approximate surface area is 187 Å². The molecule has 3 aromatic carbocycles. The zero-order valence-corrected chi connectivity index (χ0v) is 18.5. The third-order valence-corrected chi connectivity index (χ3v) is 5.50. The third-order valence-electron chi connectivity index (χ3n) is 5.50. The van der Waals surface area contributed by atoms with E-state index in [0.717, 1.165) is 17.7 Å². The van der Waals surface area contributed by atoms with Crippen molar-refractivity contribution < 1.29 is 22.3 Å². The summed E-state index contributed by atoms with van der Waals surface area (Å²) in [4.78, 5) is 0. The molecule has 0 atom stereocenters. The van der Waals surface area contributed by atoms with Crippen molar-refractivity contribution >= 4 is 0 Å². The maximum absolute atomic E-state index is 14.6. The van der Waals surface area contributed by atoms with E-state index in [1.807, 2.05) is 38.1 Å². The van der Waals surface area contributed by atoms with Crippen LogP contribution >= 0.6 is 0 Å². The van der Waals surface area contributed by atoms with Crippen molar-refractivity contribution in [2.45, 2.75) is 52.4 Å². The topological polar surface area (TPSA) is 9.23 Å². The molecule has 0 radical (unpaired) electrons. The minimum Gasteiger partial charge on any atom is -0.494 e. The molecule has 0 unspecified atom stereocenters. The highest BCUT2D eigenvalue weighted by atomic mass is 19.1. The first-order valence-corrected chi connectivity index (χ1v) is 11.1. The first-order chi connectivity index (χ1) is 15.4. The molecule has 3 rings (SSSR count). The van der Waals surface area contributed by atoms with Gasteiger partial charge in [-0.25, -0.2) is 17.6 Å². The van der Waals surface area contributed by atoms with Crippen LogP contribution in [0.3, 0.4) is 0 Å². The standard InChI is InChI=1S/C27H28F4O/c1-3-5-19-14-24(28)23(25(29)15-19)13-9-20-16-26(30)22(27(31)17-20)12-8-18-6-10-21(11-7-18)32-4-2/h6-7,10-11,14-17H,3-5,8-9,12-13H2,1-2H3. The second kappa shape index (κ2) is 11.2. The second-order valence-electron chi connectivity index (χ2n) is 7.90. The van der Waals surface area contributed by atoms with Gasteiger partial charge in [-0.3, -0.25) is 0 Å². The number of halogens is 4. The lowest BCUT2D eigenvalue weighted by atomic mass is 9.98. The van der Waals surface area contributed by atoms with Crippen LogP contribution in [-0.2, 0) is 32.1 Å². The molecule has 0 fully saturated rings. The number of benzene rings is 3. The van der Waals surface area contributed by atoms with E-state index in [-0.39, 0.29) is 30.4 Å². The van der Waals surface area contributed by atoms with E-state index in [0.29, 0.717) is 30.6 Å². The summed E-state index contributed by atoms with van der Waals surface area (Å²) in [6.07, 6.45) is 2.28. The number of hydrogen-bond donors (Lipinski definition) is 0. The maximum atomic E-state index is 14.6. The number of ether oxygens (including phenoxy) is 1. The van der Waals surface area contributed by atoms with Crippen LogP contribution in [0.4, 0.5) is 17.6 Å². The zero-order valence-electron chi connectivity index (χ0n) is 18.5. The molecule has 0 saturated carbocycles. The Morgan fingerprint density at radius 2 is 1.00 bits per heavy atom. The van der Waals surface area contributed by atoms with Gasteiger partial charge >= 0.3 is 0 Å². The van der Waals surface area contributed by atoms with Crippen LogP contribution in [-0.4, -0.2) is 6.61 Å². The largest absolute Gasteiger partial charge is 0.494 e. The Bertz CT molecular complexity index is 998. The molecular formula is C27H28F4O. The van der Waals surface area contributed by atoms with Gasteiger partial charge in [-0.2, -0.15) is 0 Å². The van der Waals surface area contributed by atoms with Gasteiger partial charge in [0.2, 0.25) is 0 Å². The summed E-state index contributed by atoms with van der Waals surface area (Å²) in [6.45, 7) is 4.42. The first-order valence-electron chi connectivity index (χ1n) is 11.1. The molecule has 32 heavy (non-hydrogen) atoms. The van der Waals surface area contributed by atoms with Crippen LogP contribution < -0.4 is 4.74 Å². The van der Waals surface area contributed by atoms with Gasteiger partial charge in [0.05, 0.1) is 6.61 Å². The minimum absolute atomic E-state index is 0.0175. The molecule has 0 bridgehead atoms. The average molecular weight is 445 g/mol. The molecule has 170 valence electrons. The van der Waals surface area contributed by atoms with E-state index >= 15 is 0 Å². The molecule has 5 heteroatoms. The van der Waals surface area contributed by atoms with Crippen molar-refractivity contribution in [3.63, 3.8) is 0 Å². The molecule has 0 heterocycles. The molecule has 0 N–H and O–H groups in total. The Morgan fingerprint density at radius 3 is 1.44 bits per heavy atom. The fraction of sp³-hybridized carbons (Fsp3) is 0.333. The van der Waals surface area contributed by atoms with Crippen LogP contribution in [0.5, 0.6) is 5.75 Å². The third kappa shape index (κ3) is 6.12. The van der Waals surface area contributed by atoms with Gasteiger partial charge in [-0.1, -0.05) is 25.5 Å². The van der Waals surface area contributed by atoms with E-state index < -0.39 is 23.3 Å². The molecule has 1 nitrogen and oxygen atoms in total. The second-order valence-corrected chi connectivity index (χ2v) is 7.90. The van der Waals surface area contributed by atoms with Crippen LogP contribution in [0.2, 0.25) is 0 Å². The molecule has 0 spiro atoms. The summed E-state index contributed by atoms with van der Waals surface area (Å²) in [5.41, 5.74) is 1.91. The van der Waals surface area contributed by atoms with Crippen LogP contribution in [0.25, 0.3) is 0 Å². The number of hydrogen-bond acceptors (Lipinski definition) is 1. The van der Waals surface area contributed by atoms with Crippen molar-refractivity contribution in [2.24, 2.45) is 0 Å². The molecule has 0 aliphatic carbocycles. The lowest BCUT2D eigenvalue weighted by Crippen LogP contribution is -2.04. The van der Waals surface area contributed by atoms with E-state index in [9.17, 15) is 17.6 Å². The lowest BCUT2D eigenvalue weighted by molar-refractivity contribution is 0.340. The van der Waals surface area contributed by atoms with Gasteiger partial charge in [0.25, 0.3) is 0 Å². The van der Waals surface area contributed by atoms with Gasteiger partial charge in [0.15, 0.2) is 0 Å². The van der Waals surface area contributed by atoms with E-state index in [1.54, 1.807) is 0 Å². The fourth-order valence-corrected chi connectivity index (χ4v) is 3.82. The van der Waals surface area contributed by atoms with Gasteiger partial charge in [-0.05, 0) is 92.1 Å². The molecule has 0 amide bonds. The van der Waals surface area contributed by atoms with Gasteiger partial charge in [0, 0.05) is 11.1 Å². The summed E-state index contributed by atoms with van der Waals surface area (Å²) < 4.78 is 63.2. The number of rotatable bonds is 10. The Kier molecular flexibility index (Phi) is 8.32. The normalized spacial score (nSPS) is 11.1. The van der Waals surface area contributed by atoms with Crippen LogP contribution in [0.15, 0.2) is 48.5 Å². The summed E-state index contributed by atoms with van der Waals surface area (Å²) >= 11 is 0. The van der Waals surface area contributed by atoms with Crippen molar-refractivity contribution in [1.82, 2.24) is 0 Å². The lowest BCUT2D eigenvalue weighted by Gasteiger charge is -2.11.